The number of nitrogens with zero attached hydrogens (tertiary/aromatic N) is 2. The SMILES string of the molecule is N#Cc1c(N)[nH+]c(SCC(=O)Nc2ccc(F)c(Cl)c2)c(C#N)c1-c1cccs1. The number of anilines is 2. The number of amides is 1. The van der Waals surface area contributed by atoms with Crippen molar-refractivity contribution in [1.82, 2.24) is 0 Å². The summed E-state index contributed by atoms with van der Waals surface area (Å²) in [6.07, 6.45) is 0. The molecule has 6 nitrogen and oxygen atoms in total. The number of thiophene rings is 1. The van der Waals surface area contributed by atoms with Crippen molar-refractivity contribution in [3.8, 4) is 22.6 Å². The molecule has 29 heavy (non-hydrogen) atoms. The fraction of sp³-hybridized carbons (Fsp3) is 0.0526. The number of nitriles is 2. The Morgan fingerprint density at radius 2 is 2.07 bits per heavy atom. The third-order valence-corrected chi connectivity index (χ3v) is 5.97. The third kappa shape index (κ3) is 4.49. The summed E-state index contributed by atoms with van der Waals surface area (Å²) in [4.78, 5) is 15.8. The smallest absolute Gasteiger partial charge is 0.289 e. The Hall–Kier alpha value is -3.11. The van der Waals surface area contributed by atoms with Gasteiger partial charge in [-0.2, -0.15) is 10.5 Å². The lowest BCUT2D eigenvalue weighted by atomic mass is 10.0. The number of rotatable bonds is 5. The third-order valence-electron chi connectivity index (χ3n) is 3.79. The number of nitrogens with two attached hydrogens (primary N) is 1. The van der Waals surface area contributed by atoms with E-state index in [4.69, 9.17) is 17.3 Å². The average Bonchev–Trinajstić information content (AvgIpc) is 3.23. The van der Waals surface area contributed by atoms with Gasteiger partial charge in [-0.05, 0) is 29.6 Å². The van der Waals surface area contributed by atoms with E-state index in [0.29, 0.717) is 16.3 Å². The van der Waals surface area contributed by atoms with Gasteiger partial charge in [0.1, 0.15) is 23.5 Å². The summed E-state index contributed by atoms with van der Waals surface area (Å²) in [6, 6.07) is 11.6. The molecule has 1 amide bonds. The second-order valence-electron chi connectivity index (χ2n) is 5.66. The molecule has 0 saturated heterocycles. The Kier molecular flexibility index (Phi) is 6.35. The number of aromatic amines is 1. The molecule has 1 aromatic carbocycles. The molecule has 10 heteroatoms. The Labute approximate surface area is 178 Å². The van der Waals surface area contributed by atoms with Gasteiger partial charge < -0.3 is 5.32 Å². The molecule has 0 aliphatic rings. The van der Waals surface area contributed by atoms with Gasteiger partial charge in [-0.25, -0.2) is 9.37 Å². The summed E-state index contributed by atoms with van der Waals surface area (Å²) in [6.45, 7) is 0. The molecule has 3 aromatic rings. The predicted molar refractivity (Wildman–Crippen MR) is 111 cm³/mol. The minimum absolute atomic E-state index is 0.0462. The number of aromatic nitrogens is 1. The standard InChI is InChI=1S/C19H11ClFN5OS2/c20-13-6-10(3-4-14(13)21)25-16(27)9-29-19-12(8-23)17(15-2-1-5-28-15)11(7-22)18(24)26-19/h1-6H,9H2,(H2,24,26)(H,25,27)/p+1. The van der Waals surface area contributed by atoms with Gasteiger partial charge in [-0.15, -0.1) is 11.3 Å². The number of carbonyl (C=O) groups is 1. The molecule has 0 fully saturated rings. The lowest BCUT2D eigenvalue weighted by Crippen LogP contribution is -2.20. The van der Waals surface area contributed by atoms with E-state index in [1.807, 2.05) is 17.5 Å². The van der Waals surface area contributed by atoms with Gasteiger partial charge in [0.15, 0.2) is 10.6 Å². The van der Waals surface area contributed by atoms with Gasteiger partial charge >= 0.3 is 0 Å². The number of hydrogen-bond acceptors (Lipinski definition) is 6. The van der Waals surface area contributed by atoms with Crippen LogP contribution in [0, 0.1) is 28.5 Å². The Morgan fingerprint density at radius 1 is 1.31 bits per heavy atom. The minimum atomic E-state index is -0.582. The van der Waals surface area contributed by atoms with Crippen LogP contribution in [0.1, 0.15) is 11.1 Å². The number of thioether (sulfide) groups is 1. The molecule has 4 N–H and O–H groups in total. The van der Waals surface area contributed by atoms with E-state index in [9.17, 15) is 19.7 Å². The quantitative estimate of drug-likeness (QED) is 0.575. The van der Waals surface area contributed by atoms with Crippen LogP contribution in [0.3, 0.4) is 0 Å². The highest BCUT2D eigenvalue weighted by Gasteiger charge is 2.24. The van der Waals surface area contributed by atoms with Gasteiger partial charge in [0.25, 0.3) is 5.82 Å². The Bertz CT molecular complexity index is 1170. The molecule has 0 saturated carbocycles. The van der Waals surface area contributed by atoms with Crippen LogP contribution in [0.5, 0.6) is 0 Å². The van der Waals surface area contributed by atoms with Crippen LogP contribution < -0.4 is 16.0 Å². The van der Waals surface area contributed by atoms with Crippen molar-refractivity contribution < 1.29 is 14.2 Å². The van der Waals surface area contributed by atoms with Crippen LogP contribution in [0.4, 0.5) is 15.9 Å². The first-order chi connectivity index (χ1) is 13.9. The second-order valence-corrected chi connectivity index (χ2v) is 8.00. The van der Waals surface area contributed by atoms with Crippen LogP contribution in [0.25, 0.3) is 10.4 Å². The molecule has 0 radical (unpaired) electrons. The van der Waals surface area contributed by atoms with E-state index in [1.54, 1.807) is 6.07 Å². The van der Waals surface area contributed by atoms with Crippen LogP contribution in [0.15, 0.2) is 40.7 Å². The van der Waals surface area contributed by atoms with Gasteiger partial charge in [-0.3, -0.25) is 10.5 Å². The van der Waals surface area contributed by atoms with Crippen molar-refractivity contribution in [1.29, 1.82) is 10.5 Å². The van der Waals surface area contributed by atoms with E-state index in [1.165, 1.54) is 23.5 Å². The lowest BCUT2D eigenvalue weighted by molar-refractivity contribution is -0.410. The van der Waals surface area contributed by atoms with Gasteiger partial charge in [-0.1, -0.05) is 29.4 Å². The van der Waals surface area contributed by atoms with Crippen molar-refractivity contribution >= 4 is 52.1 Å². The molecule has 144 valence electrons. The first-order valence-corrected chi connectivity index (χ1v) is 10.3. The number of hydrogen-bond donors (Lipinski definition) is 2. The number of nitrogens with one attached hydrogen (secondary N) is 2. The zero-order valence-electron chi connectivity index (χ0n) is 14.6. The van der Waals surface area contributed by atoms with Crippen LogP contribution in [-0.2, 0) is 4.79 Å². The van der Waals surface area contributed by atoms with Crippen molar-refractivity contribution in [3.63, 3.8) is 0 Å². The van der Waals surface area contributed by atoms with Gasteiger partial charge in [0.2, 0.25) is 5.91 Å². The van der Waals surface area contributed by atoms with Crippen LogP contribution >= 0.6 is 34.7 Å². The summed E-state index contributed by atoms with van der Waals surface area (Å²) in [7, 11) is 0. The fourth-order valence-corrected chi connectivity index (χ4v) is 4.31. The zero-order chi connectivity index (χ0) is 21.0. The molecule has 0 aliphatic heterocycles. The number of nitrogen functional groups attached to an aromatic ring is 1. The largest absolute Gasteiger partial charge is 0.325 e. The number of benzene rings is 1. The average molecular weight is 445 g/mol. The Morgan fingerprint density at radius 3 is 2.69 bits per heavy atom. The van der Waals surface area contributed by atoms with Crippen LogP contribution in [0.2, 0.25) is 5.02 Å². The Balaban J connectivity index is 1.86. The molecule has 0 unspecified atom stereocenters. The zero-order valence-corrected chi connectivity index (χ0v) is 17.0. The highest BCUT2D eigenvalue weighted by molar-refractivity contribution is 7.99. The predicted octanol–water partition coefficient (Wildman–Crippen LogP) is 4.08. The van der Waals surface area contributed by atoms with E-state index < -0.39 is 5.82 Å². The van der Waals surface area contributed by atoms with Crippen molar-refractivity contribution in [3.05, 3.63) is 57.7 Å². The molecule has 2 aromatic heterocycles. The molecular weight excluding hydrogens is 433 g/mol. The monoisotopic (exact) mass is 444 g/mol. The maximum absolute atomic E-state index is 13.2. The van der Waals surface area contributed by atoms with Crippen molar-refractivity contribution in [2.24, 2.45) is 0 Å². The number of carbonyl (C=O) groups excluding carboxylic acids is 1. The maximum Gasteiger partial charge on any atom is 0.289 e. The molecule has 0 spiro atoms. The van der Waals surface area contributed by atoms with E-state index in [2.05, 4.69) is 16.4 Å². The van der Waals surface area contributed by atoms with Crippen molar-refractivity contribution in [2.75, 3.05) is 16.8 Å². The first kappa shape index (κ1) is 20.6. The second kappa shape index (κ2) is 8.93. The van der Waals surface area contributed by atoms with E-state index in [-0.39, 0.29) is 33.6 Å². The summed E-state index contributed by atoms with van der Waals surface area (Å²) < 4.78 is 13.2. The molecule has 3 rings (SSSR count). The number of halogens is 2. The summed E-state index contributed by atoms with van der Waals surface area (Å²) >= 11 is 8.16. The summed E-state index contributed by atoms with van der Waals surface area (Å²) in [5.74, 6) is -0.893. The maximum atomic E-state index is 13.2. The van der Waals surface area contributed by atoms with E-state index in [0.717, 1.165) is 22.7 Å². The molecular formula is C19H12ClFN5OS2+. The molecule has 0 bridgehead atoms. The highest BCUT2D eigenvalue weighted by Crippen LogP contribution is 2.36. The summed E-state index contributed by atoms with van der Waals surface area (Å²) in [5.41, 5.74) is 7.18. The van der Waals surface area contributed by atoms with Crippen LogP contribution in [-0.4, -0.2) is 11.7 Å². The molecule has 2 heterocycles. The topological polar surface area (TPSA) is 117 Å². The normalized spacial score (nSPS) is 10.2. The van der Waals surface area contributed by atoms with E-state index >= 15 is 0 Å². The highest BCUT2D eigenvalue weighted by atomic mass is 35.5. The number of H-pyrrole nitrogens is 1. The fourth-order valence-electron chi connectivity index (χ4n) is 2.53. The lowest BCUT2D eigenvalue weighted by Gasteiger charge is -2.09. The minimum Gasteiger partial charge on any atom is -0.325 e. The van der Waals surface area contributed by atoms with Gasteiger partial charge in [0.05, 0.1) is 10.8 Å². The first-order valence-electron chi connectivity index (χ1n) is 8.05. The van der Waals surface area contributed by atoms with Gasteiger partial charge in [0, 0.05) is 16.1 Å². The molecule has 0 aliphatic carbocycles. The van der Waals surface area contributed by atoms with Crippen molar-refractivity contribution in [2.45, 2.75) is 5.03 Å². The number of pyridine rings is 1. The molecule has 0 atom stereocenters. The summed E-state index contributed by atoms with van der Waals surface area (Å²) in [5, 5.41) is 23.9.